The minimum Gasteiger partial charge on any atom is -0.225 e. The summed E-state index contributed by atoms with van der Waals surface area (Å²) in [6, 6.07) is 7.69. The third kappa shape index (κ3) is 2.04. The van der Waals surface area contributed by atoms with Crippen LogP contribution in [0.15, 0.2) is 30.3 Å². The van der Waals surface area contributed by atoms with Gasteiger partial charge in [-0.25, -0.2) is 12.8 Å². The van der Waals surface area contributed by atoms with Crippen molar-refractivity contribution in [3.63, 3.8) is 0 Å². The lowest BCUT2D eigenvalue weighted by Crippen LogP contribution is -2.06. The van der Waals surface area contributed by atoms with E-state index in [0.717, 1.165) is 6.26 Å². The SMILES string of the molecule is CS(=O)(=O)[C](F)c1ccccc1. The zero-order valence-corrected chi connectivity index (χ0v) is 7.31. The molecule has 4 heteroatoms. The van der Waals surface area contributed by atoms with E-state index in [0.29, 0.717) is 0 Å². The first-order valence-electron chi connectivity index (χ1n) is 3.30. The highest BCUT2D eigenvalue weighted by atomic mass is 32.2. The Hall–Kier alpha value is -0.900. The van der Waals surface area contributed by atoms with Gasteiger partial charge in [0.15, 0.2) is 9.84 Å². The summed E-state index contributed by atoms with van der Waals surface area (Å²) >= 11 is 0. The van der Waals surface area contributed by atoms with Gasteiger partial charge in [-0.05, 0) is 0 Å². The molecule has 0 aliphatic heterocycles. The van der Waals surface area contributed by atoms with Crippen LogP contribution in [0.25, 0.3) is 0 Å². The second kappa shape index (κ2) is 3.23. The summed E-state index contributed by atoms with van der Waals surface area (Å²) in [6.07, 6.45) is 0.843. The molecule has 65 valence electrons. The van der Waals surface area contributed by atoms with E-state index in [1.54, 1.807) is 18.2 Å². The van der Waals surface area contributed by atoms with E-state index in [1.807, 2.05) is 0 Å². The van der Waals surface area contributed by atoms with Crippen molar-refractivity contribution in [2.24, 2.45) is 0 Å². The zero-order valence-electron chi connectivity index (χ0n) is 6.49. The van der Waals surface area contributed by atoms with Gasteiger partial charge in [-0.3, -0.25) is 0 Å². The number of rotatable bonds is 2. The van der Waals surface area contributed by atoms with Gasteiger partial charge in [-0.1, -0.05) is 30.3 Å². The van der Waals surface area contributed by atoms with E-state index >= 15 is 0 Å². The molecule has 0 spiro atoms. The summed E-state index contributed by atoms with van der Waals surface area (Å²) in [4.78, 5) is 0. The molecule has 0 amide bonds. The maximum absolute atomic E-state index is 13.0. The molecule has 0 bridgehead atoms. The predicted molar refractivity (Wildman–Crippen MR) is 44.7 cm³/mol. The van der Waals surface area contributed by atoms with Crippen LogP contribution in [0.1, 0.15) is 5.56 Å². The second-order valence-corrected chi connectivity index (χ2v) is 4.31. The van der Waals surface area contributed by atoms with Gasteiger partial charge in [-0.15, -0.1) is 0 Å². The molecule has 0 aliphatic carbocycles. The molecule has 2 nitrogen and oxygen atoms in total. The molecule has 0 N–H and O–H groups in total. The smallest absolute Gasteiger partial charge is 0.225 e. The fourth-order valence-electron chi connectivity index (χ4n) is 0.783. The molecule has 1 rings (SSSR count). The molecule has 0 aliphatic rings. The Balaban J connectivity index is 3.02. The monoisotopic (exact) mass is 187 g/mol. The predicted octanol–water partition coefficient (Wildman–Crippen LogP) is 1.54. The second-order valence-electron chi connectivity index (χ2n) is 2.41. The van der Waals surface area contributed by atoms with Gasteiger partial charge in [0, 0.05) is 11.8 Å². The first-order chi connectivity index (χ1) is 5.52. The molecule has 0 saturated carbocycles. The van der Waals surface area contributed by atoms with Crippen molar-refractivity contribution in [1.82, 2.24) is 0 Å². The highest BCUT2D eigenvalue weighted by molar-refractivity contribution is 7.93. The lowest BCUT2D eigenvalue weighted by atomic mass is 10.2. The summed E-state index contributed by atoms with van der Waals surface area (Å²) in [5.41, 5.74) is -0.983. The lowest BCUT2D eigenvalue weighted by molar-refractivity contribution is 0.548. The zero-order chi connectivity index (χ0) is 9.19. The molecule has 1 radical (unpaired) electrons. The van der Waals surface area contributed by atoms with Crippen LogP contribution in [0.3, 0.4) is 0 Å². The lowest BCUT2D eigenvalue weighted by Gasteiger charge is -2.02. The summed E-state index contributed by atoms with van der Waals surface area (Å²) < 4.78 is 34.4. The number of benzene rings is 1. The number of hydrogen-bond donors (Lipinski definition) is 0. The highest BCUT2D eigenvalue weighted by Gasteiger charge is 2.23. The molecule has 0 aromatic heterocycles. The van der Waals surface area contributed by atoms with Crippen molar-refractivity contribution < 1.29 is 12.8 Å². The molecular weight excluding hydrogens is 179 g/mol. The van der Waals surface area contributed by atoms with Crippen LogP contribution in [0, 0.1) is 5.50 Å². The number of halogens is 1. The van der Waals surface area contributed by atoms with Crippen LogP contribution in [0.5, 0.6) is 0 Å². The Labute approximate surface area is 71.0 Å². The van der Waals surface area contributed by atoms with Crippen LogP contribution >= 0.6 is 0 Å². The van der Waals surface area contributed by atoms with Crippen LogP contribution in [-0.2, 0) is 9.84 Å². The van der Waals surface area contributed by atoms with E-state index in [9.17, 15) is 12.8 Å². The van der Waals surface area contributed by atoms with Crippen molar-refractivity contribution >= 4 is 9.84 Å². The van der Waals surface area contributed by atoms with Crippen molar-refractivity contribution in [3.05, 3.63) is 41.4 Å². The minimum atomic E-state index is -3.71. The van der Waals surface area contributed by atoms with Crippen molar-refractivity contribution in [1.29, 1.82) is 0 Å². The molecule has 0 fully saturated rings. The summed E-state index contributed by atoms with van der Waals surface area (Å²) in [7, 11) is -3.71. The van der Waals surface area contributed by atoms with Gasteiger partial charge < -0.3 is 0 Å². The average Bonchev–Trinajstić information content (AvgIpc) is 2.03. The molecule has 1 aromatic carbocycles. The maximum atomic E-state index is 13.0. The van der Waals surface area contributed by atoms with Gasteiger partial charge >= 0.3 is 0 Å². The molecule has 0 heterocycles. The average molecular weight is 187 g/mol. The summed E-state index contributed by atoms with van der Waals surface area (Å²) in [5, 5.41) is 0. The Bertz CT molecular complexity index is 345. The molecular formula is C8H8FO2S. The fourth-order valence-corrected chi connectivity index (χ4v) is 1.35. The maximum Gasteiger partial charge on any atom is 0.287 e. The number of hydrogen-bond acceptors (Lipinski definition) is 2. The first kappa shape index (κ1) is 9.19. The Morgan fingerprint density at radius 1 is 1.25 bits per heavy atom. The van der Waals surface area contributed by atoms with Gasteiger partial charge in [-0.2, -0.15) is 0 Å². The minimum absolute atomic E-state index is 0.0972. The molecule has 12 heavy (non-hydrogen) atoms. The van der Waals surface area contributed by atoms with Crippen molar-refractivity contribution in [3.8, 4) is 0 Å². The summed E-state index contributed by atoms with van der Waals surface area (Å²) in [6.45, 7) is 0. The Kier molecular flexibility index (Phi) is 2.47. The standard InChI is InChI=1S/C8H8FO2S/c1-12(10,11)8(9)7-5-3-2-4-6-7/h2-6H,1H3. The van der Waals surface area contributed by atoms with Crippen molar-refractivity contribution in [2.45, 2.75) is 0 Å². The van der Waals surface area contributed by atoms with E-state index in [4.69, 9.17) is 0 Å². The van der Waals surface area contributed by atoms with Gasteiger partial charge in [0.2, 0.25) is 0 Å². The molecule has 0 saturated heterocycles. The normalized spacial score (nSPS) is 11.9. The topological polar surface area (TPSA) is 34.1 Å². The van der Waals surface area contributed by atoms with Crippen LogP contribution in [0.2, 0.25) is 0 Å². The molecule has 0 atom stereocenters. The third-order valence-electron chi connectivity index (χ3n) is 1.33. The Morgan fingerprint density at radius 3 is 2.17 bits per heavy atom. The van der Waals surface area contributed by atoms with E-state index in [1.165, 1.54) is 12.1 Å². The van der Waals surface area contributed by atoms with E-state index in [-0.39, 0.29) is 5.56 Å². The van der Waals surface area contributed by atoms with Crippen LogP contribution in [-0.4, -0.2) is 14.7 Å². The first-order valence-corrected chi connectivity index (χ1v) is 5.19. The van der Waals surface area contributed by atoms with E-state index in [2.05, 4.69) is 0 Å². The third-order valence-corrected chi connectivity index (χ3v) is 2.21. The molecule has 1 aromatic rings. The Morgan fingerprint density at radius 2 is 1.75 bits per heavy atom. The quantitative estimate of drug-likeness (QED) is 0.703. The highest BCUT2D eigenvalue weighted by Crippen LogP contribution is 2.20. The van der Waals surface area contributed by atoms with E-state index < -0.39 is 15.3 Å². The van der Waals surface area contributed by atoms with Crippen LogP contribution < -0.4 is 0 Å². The largest absolute Gasteiger partial charge is 0.287 e. The van der Waals surface area contributed by atoms with Crippen LogP contribution in [0.4, 0.5) is 4.39 Å². The molecule has 0 unspecified atom stereocenters. The van der Waals surface area contributed by atoms with Gasteiger partial charge in [0.25, 0.3) is 5.50 Å². The van der Waals surface area contributed by atoms with Gasteiger partial charge in [0.1, 0.15) is 0 Å². The van der Waals surface area contributed by atoms with Crippen molar-refractivity contribution in [2.75, 3.05) is 6.26 Å². The number of sulfone groups is 1. The summed E-state index contributed by atoms with van der Waals surface area (Å²) in [5.74, 6) is 0. The fraction of sp³-hybridized carbons (Fsp3) is 0.125. The van der Waals surface area contributed by atoms with Gasteiger partial charge in [0.05, 0.1) is 0 Å².